The number of carbonyl (C=O) groups is 3. The van der Waals surface area contributed by atoms with Crippen molar-refractivity contribution in [1.82, 2.24) is 0 Å². The number of ether oxygens (including phenoxy) is 3. The molecule has 6 nitrogen and oxygen atoms in total. The quantitative estimate of drug-likeness (QED) is 0.0261. The van der Waals surface area contributed by atoms with Gasteiger partial charge in [0, 0.05) is 19.3 Å². The first-order valence-electron chi connectivity index (χ1n) is 36.6. The van der Waals surface area contributed by atoms with E-state index in [0.29, 0.717) is 19.3 Å². The summed E-state index contributed by atoms with van der Waals surface area (Å²) in [5.74, 6) is -0.842. The zero-order chi connectivity index (χ0) is 59.2. The van der Waals surface area contributed by atoms with E-state index in [2.05, 4.69) is 69.4 Å². The lowest BCUT2D eigenvalue weighted by atomic mass is 10.0. The van der Waals surface area contributed by atoms with Crippen molar-refractivity contribution in [3.63, 3.8) is 0 Å². The maximum atomic E-state index is 13.0. The second-order valence-electron chi connectivity index (χ2n) is 24.9. The molecule has 1 atom stereocenters. The van der Waals surface area contributed by atoms with Crippen LogP contribution in [0.25, 0.3) is 0 Å². The zero-order valence-corrected chi connectivity index (χ0v) is 55.3. The Kier molecular flexibility index (Phi) is 68.6. The number of hydrogen-bond acceptors (Lipinski definition) is 6. The van der Waals surface area contributed by atoms with Gasteiger partial charge in [0.15, 0.2) is 6.10 Å². The predicted octanol–water partition coefficient (Wildman–Crippen LogP) is 25.3. The monoisotopic (exact) mass is 1150 g/mol. The number of allylic oxidation sites excluding steroid dienone is 8. The van der Waals surface area contributed by atoms with Crippen LogP contribution in [0.15, 0.2) is 48.6 Å². The lowest BCUT2D eigenvalue weighted by Gasteiger charge is -2.18. The Balaban J connectivity index is 4.18. The molecule has 0 aliphatic rings. The molecule has 6 heteroatoms. The third kappa shape index (κ3) is 68.2. The molecule has 0 saturated heterocycles. The van der Waals surface area contributed by atoms with Gasteiger partial charge in [0.25, 0.3) is 0 Å². The van der Waals surface area contributed by atoms with E-state index in [1.165, 1.54) is 289 Å². The van der Waals surface area contributed by atoms with Crippen molar-refractivity contribution in [3.8, 4) is 0 Å². The highest BCUT2D eigenvalue weighted by Crippen LogP contribution is 2.18. The Morgan fingerprint density at radius 1 is 0.244 bits per heavy atom. The first-order chi connectivity index (χ1) is 40.5. The number of unbranched alkanes of at least 4 members (excludes halogenated alkanes) is 49. The van der Waals surface area contributed by atoms with Crippen LogP contribution in [0, 0.1) is 0 Å². The van der Waals surface area contributed by atoms with Crippen LogP contribution in [0.1, 0.15) is 400 Å². The van der Waals surface area contributed by atoms with Crippen molar-refractivity contribution in [3.05, 3.63) is 48.6 Å². The third-order valence-corrected chi connectivity index (χ3v) is 16.6. The Labute approximate surface area is 511 Å². The lowest BCUT2D eigenvalue weighted by Crippen LogP contribution is -2.30. The van der Waals surface area contributed by atoms with E-state index in [4.69, 9.17) is 14.2 Å². The molecule has 0 aromatic heterocycles. The minimum Gasteiger partial charge on any atom is -0.462 e. The van der Waals surface area contributed by atoms with Crippen LogP contribution in [0.4, 0.5) is 0 Å². The summed E-state index contributed by atoms with van der Waals surface area (Å²) in [7, 11) is 0. The fourth-order valence-corrected chi connectivity index (χ4v) is 11.0. The summed E-state index contributed by atoms with van der Waals surface area (Å²) in [4.78, 5) is 38.4. The van der Waals surface area contributed by atoms with Gasteiger partial charge in [-0.05, 0) is 83.5 Å². The van der Waals surface area contributed by atoms with Crippen molar-refractivity contribution in [2.45, 2.75) is 406 Å². The van der Waals surface area contributed by atoms with Crippen molar-refractivity contribution in [2.24, 2.45) is 0 Å². The van der Waals surface area contributed by atoms with E-state index >= 15 is 0 Å². The maximum Gasteiger partial charge on any atom is 0.306 e. The lowest BCUT2D eigenvalue weighted by molar-refractivity contribution is -0.167. The van der Waals surface area contributed by atoms with Crippen LogP contribution >= 0.6 is 0 Å². The molecule has 0 saturated carbocycles. The topological polar surface area (TPSA) is 78.9 Å². The normalized spacial score (nSPS) is 12.3. The molecule has 0 heterocycles. The number of esters is 3. The highest BCUT2D eigenvalue weighted by Gasteiger charge is 2.19. The summed E-state index contributed by atoms with van der Waals surface area (Å²) in [6.07, 6.45) is 90.1. The standard InChI is InChI=1S/C76H140O6/c1-4-7-10-13-16-19-22-25-27-29-31-33-35-36-37-38-39-40-42-43-45-47-49-51-54-57-60-63-66-69-75(78)81-72-73(71-80-74(77)68-65-62-59-56-53-24-21-18-15-12-9-6-3)82-76(79)70-67-64-61-58-55-52-50-48-46-44-41-34-32-30-28-26-23-20-17-14-11-8-5-2/h22-23,25-26,29-32,73H,4-21,24,27-28,33-72H2,1-3H3/b25-22-,26-23-,31-29-,32-30-. The molecule has 0 N–H and O–H groups in total. The van der Waals surface area contributed by atoms with Crippen molar-refractivity contribution in [1.29, 1.82) is 0 Å². The van der Waals surface area contributed by atoms with E-state index in [1.54, 1.807) is 0 Å². The molecule has 0 aromatic carbocycles. The zero-order valence-electron chi connectivity index (χ0n) is 55.3. The molecular weight excluding hydrogens is 1010 g/mol. The number of carbonyl (C=O) groups excluding carboxylic acids is 3. The summed E-state index contributed by atoms with van der Waals surface area (Å²) in [6, 6.07) is 0. The van der Waals surface area contributed by atoms with E-state index < -0.39 is 6.10 Å². The van der Waals surface area contributed by atoms with Crippen LogP contribution < -0.4 is 0 Å². The molecule has 0 spiro atoms. The highest BCUT2D eigenvalue weighted by atomic mass is 16.6. The van der Waals surface area contributed by atoms with Gasteiger partial charge in [-0.1, -0.05) is 345 Å². The minimum atomic E-state index is -0.772. The van der Waals surface area contributed by atoms with Gasteiger partial charge in [0.2, 0.25) is 0 Å². The van der Waals surface area contributed by atoms with Crippen LogP contribution in [-0.4, -0.2) is 37.2 Å². The van der Waals surface area contributed by atoms with Gasteiger partial charge in [-0.2, -0.15) is 0 Å². The van der Waals surface area contributed by atoms with Crippen molar-refractivity contribution in [2.75, 3.05) is 13.2 Å². The Morgan fingerprint density at radius 2 is 0.439 bits per heavy atom. The molecule has 0 bridgehead atoms. The van der Waals surface area contributed by atoms with E-state index in [1.807, 2.05) is 0 Å². The highest BCUT2D eigenvalue weighted by molar-refractivity contribution is 5.71. The van der Waals surface area contributed by atoms with E-state index in [9.17, 15) is 14.4 Å². The third-order valence-electron chi connectivity index (χ3n) is 16.6. The molecule has 0 aliphatic carbocycles. The molecule has 0 amide bonds. The first kappa shape index (κ1) is 79.4. The van der Waals surface area contributed by atoms with E-state index in [0.717, 1.165) is 70.6 Å². The van der Waals surface area contributed by atoms with Gasteiger partial charge in [0.05, 0.1) is 0 Å². The van der Waals surface area contributed by atoms with Crippen LogP contribution in [0.3, 0.4) is 0 Å². The average molecular weight is 1150 g/mol. The van der Waals surface area contributed by atoms with Crippen LogP contribution in [0.5, 0.6) is 0 Å². The first-order valence-corrected chi connectivity index (χ1v) is 36.6. The molecule has 0 fully saturated rings. The molecular formula is C76H140O6. The van der Waals surface area contributed by atoms with Crippen LogP contribution in [-0.2, 0) is 28.6 Å². The minimum absolute atomic E-state index is 0.0683. The second-order valence-corrected chi connectivity index (χ2v) is 24.9. The molecule has 1 unspecified atom stereocenters. The van der Waals surface area contributed by atoms with Crippen molar-refractivity contribution >= 4 is 17.9 Å². The Morgan fingerprint density at radius 3 is 0.671 bits per heavy atom. The van der Waals surface area contributed by atoms with Crippen LogP contribution in [0.2, 0.25) is 0 Å². The number of hydrogen-bond donors (Lipinski definition) is 0. The fraction of sp³-hybridized carbons (Fsp3) is 0.855. The molecule has 480 valence electrons. The van der Waals surface area contributed by atoms with Gasteiger partial charge in [0.1, 0.15) is 13.2 Å². The van der Waals surface area contributed by atoms with Gasteiger partial charge in [-0.15, -0.1) is 0 Å². The van der Waals surface area contributed by atoms with E-state index in [-0.39, 0.29) is 31.1 Å². The fourth-order valence-electron chi connectivity index (χ4n) is 11.0. The van der Waals surface area contributed by atoms with Gasteiger partial charge < -0.3 is 14.2 Å². The van der Waals surface area contributed by atoms with Gasteiger partial charge in [-0.25, -0.2) is 0 Å². The summed E-state index contributed by atoms with van der Waals surface area (Å²) in [6.45, 7) is 6.68. The molecule has 82 heavy (non-hydrogen) atoms. The number of rotatable bonds is 68. The second kappa shape index (κ2) is 70.9. The van der Waals surface area contributed by atoms with Gasteiger partial charge >= 0.3 is 17.9 Å². The summed E-state index contributed by atoms with van der Waals surface area (Å²) < 4.78 is 17.0. The molecule has 0 radical (unpaired) electrons. The molecule has 0 rings (SSSR count). The molecule has 0 aromatic rings. The van der Waals surface area contributed by atoms with Crippen molar-refractivity contribution < 1.29 is 28.6 Å². The smallest absolute Gasteiger partial charge is 0.306 e. The summed E-state index contributed by atoms with van der Waals surface area (Å²) in [5.41, 5.74) is 0. The largest absolute Gasteiger partial charge is 0.462 e. The Bertz CT molecular complexity index is 1410. The van der Waals surface area contributed by atoms with Gasteiger partial charge in [-0.3, -0.25) is 14.4 Å². The summed E-state index contributed by atoms with van der Waals surface area (Å²) >= 11 is 0. The maximum absolute atomic E-state index is 13.0. The predicted molar refractivity (Wildman–Crippen MR) is 358 cm³/mol. The average Bonchev–Trinajstić information content (AvgIpc) is 3.47. The molecule has 0 aliphatic heterocycles. The summed E-state index contributed by atoms with van der Waals surface area (Å²) in [5, 5.41) is 0. The SMILES string of the molecule is CCCCCCC/C=C\C/C=C\CCCCCCCCCCCCCCCCCCCC(=O)OCC(COC(=O)CCCCCCCCCCCCCC)OC(=O)CCCCCCCCCCCCC/C=C\C/C=C\CCCCCCC. The Hall–Kier alpha value is -2.63.